The summed E-state index contributed by atoms with van der Waals surface area (Å²) in [5, 5.41) is 0. The Bertz CT molecular complexity index is 637. The summed E-state index contributed by atoms with van der Waals surface area (Å²) in [5.41, 5.74) is 0.343. The molecule has 1 heterocycles. The van der Waals surface area contributed by atoms with Crippen molar-refractivity contribution < 1.29 is 45.4 Å². The van der Waals surface area contributed by atoms with E-state index >= 15 is 0 Å². The van der Waals surface area contributed by atoms with Crippen LogP contribution in [0.15, 0.2) is 34.8 Å². The summed E-state index contributed by atoms with van der Waals surface area (Å²) < 4.78 is 12.1. The maximum absolute atomic E-state index is 12.7. The Kier molecular flexibility index (Phi) is 13.1. The molecule has 0 fully saturated rings. The monoisotopic (exact) mass is 463 g/mol. The number of aromatic nitrogens is 1. The molecule has 6 nitrogen and oxygen atoms in total. The first-order chi connectivity index (χ1) is 12.0. The van der Waals surface area contributed by atoms with E-state index in [4.69, 9.17) is 9.47 Å². The molecule has 0 amide bonds. The van der Waals surface area contributed by atoms with Crippen LogP contribution in [0, 0.1) is 0 Å². The van der Waals surface area contributed by atoms with E-state index in [9.17, 15) is 14.4 Å². The number of ether oxygens (including phenoxy) is 2. The van der Waals surface area contributed by atoms with Crippen molar-refractivity contribution in [1.82, 2.24) is 0 Å². The van der Waals surface area contributed by atoms with E-state index in [1.165, 1.54) is 23.5 Å². The molecule has 0 aliphatic carbocycles. The molecular formula is C17H22BrNO5S2. The van der Waals surface area contributed by atoms with Crippen LogP contribution >= 0.6 is 23.5 Å². The van der Waals surface area contributed by atoms with Crippen LogP contribution in [-0.4, -0.2) is 42.9 Å². The summed E-state index contributed by atoms with van der Waals surface area (Å²) >= 11 is 2.56. The first kappa shape index (κ1) is 24.7. The van der Waals surface area contributed by atoms with E-state index in [2.05, 4.69) is 0 Å². The van der Waals surface area contributed by atoms with Gasteiger partial charge in [-0.2, -0.15) is 4.57 Å². The number of allylic oxidation sites excluding steroid dienone is 1. The maximum Gasteiger partial charge on any atom is 0.316 e. The third kappa shape index (κ3) is 8.37. The van der Waals surface area contributed by atoms with Gasteiger partial charge < -0.3 is 26.5 Å². The maximum atomic E-state index is 12.7. The van der Waals surface area contributed by atoms with Crippen molar-refractivity contribution in [3.63, 3.8) is 0 Å². The highest BCUT2D eigenvalue weighted by Gasteiger charge is 2.28. The standard InChI is InChI=1S/C17H22NO5S2.BrH/c1-4-22-14(20)11-13(19)16(18-9-7-6-8-10-18)17(24-3)25-12-15(21)23-5-2;/h6-10H,4-5,11-12H2,1-3H3;1H/q+1;/p-1/b17-16-;. The van der Waals surface area contributed by atoms with Crippen molar-refractivity contribution in [3.05, 3.63) is 34.8 Å². The fourth-order valence-electron chi connectivity index (χ4n) is 1.89. The fraction of sp³-hybridized carbons (Fsp3) is 0.412. The highest BCUT2D eigenvalue weighted by Crippen LogP contribution is 2.31. The number of esters is 2. The molecule has 0 radical (unpaired) electrons. The average Bonchev–Trinajstić information content (AvgIpc) is 2.59. The van der Waals surface area contributed by atoms with Gasteiger partial charge in [0.25, 0.3) is 5.70 Å². The lowest BCUT2D eigenvalue weighted by molar-refractivity contribution is -0.577. The molecule has 144 valence electrons. The van der Waals surface area contributed by atoms with Gasteiger partial charge in [0.2, 0.25) is 5.78 Å². The van der Waals surface area contributed by atoms with Crippen molar-refractivity contribution >= 4 is 46.9 Å². The SMILES string of the molecule is CCOC(=O)CS/C(SC)=C(/C(=O)CC(=O)OCC)[n+]1ccccc1.[Br-]. The van der Waals surface area contributed by atoms with Crippen molar-refractivity contribution in [2.75, 3.05) is 25.2 Å². The Labute approximate surface area is 172 Å². The number of rotatable bonds is 10. The van der Waals surface area contributed by atoms with Gasteiger partial charge in [0.15, 0.2) is 12.4 Å². The van der Waals surface area contributed by atoms with Crippen LogP contribution in [0.4, 0.5) is 0 Å². The van der Waals surface area contributed by atoms with Crippen molar-refractivity contribution in [1.29, 1.82) is 0 Å². The Morgan fingerprint density at radius 3 is 2.08 bits per heavy atom. The summed E-state index contributed by atoms with van der Waals surface area (Å²) in [5.74, 6) is -1.20. The number of carbonyl (C=O) groups is 3. The van der Waals surface area contributed by atoms with Gasteiger partial charge in [-0.05, 0) is 20.1 Å². The molecule has 0 saturated carbocycles. The third-order valence-electron chi connectivity index (χ3n) is 2.85. The molecule has 1 aromatic heterocycles. The molecule has 0 unspecified atom stereocenters. The Morgan fingerprint density at radius 1 is 0.962 bits per heavy atom. The minimum absolute atomic E-state index is 0. The van der Waals surface area contributed by atoms with Gasteiger partial charge in [-0.3, -0.25) is 14.4 Å². The van der Waals surface area contributed by atoms with E-state index in [0.717, 1.165) is 0 Å². The molecule has 0 spiro atoms. The number of ketones is 1. The highest BCUT2D eigenvalue weighted by molar-refractivity contribution is 8.22. The number of Topliss-reactive ketones (excluding diaryl/α,β-unsaturated/α-hetero) is 1. The molecule has 9 heteroatoms. The number of carbonyl (C=O) groups excluding carboxylic acids is 3. The molecule has 0 bridgehead atoms. The van der Waals surface area contributed by atoms with E-state index in [0.29, 0.717) is 16.5 Å². The number of halogens is 1. The van der Waals surface area contributed by atoms with Crippen molar-refractivity contribution in [2.45, 2.75) is 20.3 Å². The highest BCUT2D eigenvalue weighted by atomic mass is 79.9. The molecule has 0 aliphatic rings. The van der Waals surface area contributed by atoms with Crippen LogP contribution in [-0.2, 0) is 23.9 Å². The van der Waals surface area contributed by atoms with E-state index in [1.807, 2.05) is 12.3 Å². The van der Waals surface area contributed by atoms with Crippen LogP contribution in [0.25, 0.3) is 5.70 Å². The van der Waals surface area contributed by atoms with E-state index in [-0.39, 0.29) is 47.5 Å². The van der Waals surface area contributed by atoms with Gasteiger partial charge in [0.05, 0.1) is 19.0 Å². The van der Waals surface area contributed by atoms with Gasteiger partial charge in [-0.25, -0.2) is 0 Å². The Balaban J connectivity index is 0.00000625. The zero-order valence-corrected chi connectivity index (χ0v) is 18.1. The predicted octanol–water partition coefficient (Wildman–Crippen LogP) is -0.714. The lowest BCUT2D eigenvalue weighted by Crippen LogP contribution is -3.00. The Hall–Kier alpha value is -1.32. The third-order valence-corrected chi connectivity index (χ3v) is 5.11. The number of pyridine rings is 1. The van der Waals surface area contributed by atoms with E-state index < -0.39 is 5.97 Å². The fourth-order valence-corrected chi connectivity index (χ4v) is 3.64. The summed E-state index contributed by atoms with van der Waals surface area (Å²) in [6.07, 6.45) is 4.91. The minimum Gasteiger partial charge on any atom is -1.00 e. The van der Waals surface area contributed by atoms with Gasteiger partial charge in [0, 0.05) is 12.1 Å². The first-order valence-electron chi connectivity index (χ1n) is 7.75. The Morgan fingerprint density at radius 2 is 1.54 bits per heavy atom. The molecule has 1 rings (SSSR count). The van der Waals surface area contributed by atoms with Gasteiger partial charge in [-0.1, -0.05) is 6.07 Å². The lowest BCUT2D eigenvalue weighted by Gasteiger charge is -2.08. The number of hydrogen-bond acceptors (Lipinski definition) is 7. The second kappa shape index (κ2) is 13.8. The smallest absolute Gasteiger partial charge is 0.316 e. The molecule has 1 aromatic rings. The summed E-state index contributed by atoms with van der Waals surface area (Å²) in [4.78, 5) is 36.0. The zero-order valence-electron chi connectivity index (χ0n) is 14.9. The van der Waals surface area contributed by atoms with E-state index in [1.54, 1.807) is 42.9 Å². The molecule has 0 saturated heterocycles. The van der Waals surface area contributed by atoms with Crippen LogP contribution in [0.5, 0.6) is 0 Å². The van der Waals surface area contributed by atoms with Crippen molar-refractivity contribution in [2.24, 2.45) is 0 Å². The van der Waals surface area contributed by atoms with Crippen LogP contribution < -0.4 is 21.5 Å². The minimum atomic E-state index is -0.572. The van der Waals surface area contributed by atoms with Gasteiger partial charge >= 0.3 is 11.9 Å². The van der Waals surface area contributed by atoms with Crippen LogP contribution in [0.1, 0.15) is 20.3 Å². The first-order valence-corrected chi connectivity index (χ1v) is 9.96. The molecule has 26 heavy (non-hydrogen) atoms. The molecule has 0 aliphatic heterocycles. The lowest BCUT2D eigenvalue weighted by atomic mass is 10.2. The zero-order chi connectivity index (χ0) is 18.7. The number of nitrogens with zero attached hydrogens (tertiary/aromatic N) is 1. The molecule has 0 aromatic carbocycles. The average molecular weight is 464 g/mol. The normalized spacial score (nSPS) is 11.0. The van der Waals surface area contributed by atoms with Crippen LogP contribution in [0.2, 0.25) is 0 Å². The second-order valence-corrected chi connectivity index (χ2v) is 6.68. The number of hydrogen-bond donors (Lipinski definition) is 0. The molecule has 0 atom stereocenters. The van der Waals surface area contributed by atoms with Crippen LogP contribution in [0.3, 0.4) is 0 Å². The second-order valence-electron chi connectivity index (χ2n) is 4.62. The van der Waals surface area contributed by atoms with Crippen molar-refractivity contribution in [3.8, 4) is 0 Å². The summed E-state index contributed by atoms with van der Waals surface area (Å²) in [6, 6.07) is 5.39. The topological polar surface area (TPSA) is 73.5 Å². The molecular weight excluding hydrogens is 442 g/mol. The summed E-state index contributed by atoms with van der Waals surface area (Å²) in [6.45, 7) is 3.95. The van der Waals surface area contributed by atoms with Gasteiger partial charge in [0.1, 0.15) is 10.7 Å². The summed E-state index contributed by atoms with van der Waals surface area (Å²) in [7, 11) is 0. The predicted molar refractivity (Wildman–Crippen MR) is 98.7 cm³/mol. The molecule has 0 N–H and O–H groups in total. The van der Waals surface area contributed by atoms with Gasteiger partial charge in [-0.15, -0.1) is 23.5 Å². The largest absolute Gasteiger partial charge is 1.00 e. The quantitative estimate of drug-likeness (QED) is 0.196. The number of thioether (sulfide) groups is 2.